The first kappa shape index (κ1) is 16.0. The maximum absolute atomic E-state index is 4.42. The Balaban J connectivity index is 1.94. The monoisotopic (exact) mass is 300 g/mol. The normalized spacial score (nSPS) is 10.3. The van der Waals surface area contributed by atoms with Crippen molar-refractivity contribution in [3.05, 3.63) is 30.5 Å². The van der Waals surface area contributed by atoms with Crippen LogP contribution in [-0.4, -0.2) is 35.8 Å². The number of unbranched alkanes of at least 4 members (excludes halogenated alkanes) is 2. The minimum atomic E-state index is 0.498. The number of anilines is 4. The first-order chi connectivity index (χ1) is 10.7. The van der Waals surface area contributed by atoms with Gasteiger partial charge in [-0.05, 0) is 30.7 Å². The fraction of sp³-hybridized carbons (Fsp3) is 0.438. The van der Waals surface area contributed by atoms with Crippen molar-refractivity contribution in [3.63, 3.8) is 0 Å². The van der Waals surface area contributed by atoms with Crippen LogP contribution in [0.25, 0.3) is 0 Å². The molecule has 0 atom stereocenters. The van der Waals surface area contributed by atoms with Crippen LogP contribution in [0.5, 0.6) is 0 Å². The predicted octanol–water partition coefficient (Wildman–Crippen LogP) is 3.28. The van der Waals surface area contributed by atoms with Gasteiger partial charge in [0.25, 0.3) is 0 Å². The number of nitrogens with one attached hydrogen (secondary N) is 2. The second kappa shape index (κ2) is 8.17. The molecule has 1 aromatic heterocycles. The van der Waals surface area contributed by atoms with E-state index in [1.807, 2.05) is 38.4 Å². The molecule has 2 aromatic rings. The second-order valence-electron chi connectivity index (χ2n) is 5.37. The Morgan fingerprint density at radius 2 is 1.86 bits per heavy atom. The van der Waals surface area contributed by atoms with Crippen molar-refractivity contribution in [2.45, 2.75) is 26.2 Å². The zero-order valence-electron chi connectivity index (χ0n) is 13.5. The molecule has 0 unspecified atom stereocenters. The fourth-order valence-corrected chi connectivity index (χ4v) is 2.01. The van der Waals surface area contributed by atoms with Crippen LogP contribution in [0.2, 0.25) is 0 Å². The Kier molecular flexibility index (Phi) is 5.94. The maximum atomic E-state index is 4.42. The summed E-state index contributed by atoms with van der Waals surface area (Å²) in [5, 5.41) is 14.4. The van der Waals surface area contributed by atoms with Gasteiger partial charge in [0, 0.05) is 32.0 Å². The summed E-state index contributed by atoms with van der Waals surface area (Å²) in [6.07, 6.45) is 5.20. The molecule has 6 heteroatoms. The van der Waals surface area contributed by atoms with E-state index in [9.17, 15) is 0 Å². The van der Waals surface area contributed by atoms with Gasteiger partial charge in [-0.3, -0.25) is 0 Å². The molecule has 0 spiro atoms. The van der Waals surface area contributed by atoms with Crippen LogP contribution in [0, 0.1) is 0 Å². The summed E-state index contributed by atoms with van der Waals surface area (Å²) >= 11 is 0. The summed E-state index contributed by atoms with van der Waals surface area (Å²) in [4.78, 5) is 6.48. The van der Waals surface area contributed by atoms with E-state index in [0.29, 0.717) is 5.95 Å². The Morgan fingerprint density at radius 3 is 2.55 bits per heavy atom. The predicted molar refractivity (Wildman–Crippen MR) is 91.9 cm³/mol. The van der Waals surface area contributed by atoms with Crippen molar-refractivity contribution >= 4 is 23.1 Å². The third-order valence-electron chi connectivity index (χ3n) is 3.29. The van der Waals surface area contributed by atoms with E-state index in [1.165, 1.54) is 12.8 Å². The number of hydrogen-bond acceptors (Lipinski definition) is 6. The van der Waals surface area contributed by atoms with Gasteiger partial charge in [-0.15, -0.1) is 5.10 Å². The molecule has 0 aliphatic rings. The summed E-state index contributed by atoms with van der Waals surface area (Å²) in [5.41, 5.74) is 2.09. The molecule has 0 aliphatic heterocycles. The molecule has 0 saturated heterocycles. The van der Waals surface area contributed by atoms with Gasteiger partial charge in [0.1, 0.15) is 0 Å². The van der Waals surface area contributed by atoms with Crippen LogP contribution in [0.3, 0.4) is 0 Å². The van der Waals surface area contributed by atoms with Crippen molar-refractivity contribution in [3.8, 4) is 0 Å². The van der Waals surface area contributed by atoms with Gasteiger partial charge in [-0.2, -0.15) is 10.1 Å². The molecule has 0 radical (unpaired) electrons. The van der Waals surface area contributed by atoms with Gasteiger partial charge in [0.05, 0.1) is 6.20 Å². The summed E-state index contributed by atoms with van der Waals surface area (Å²) in [7, 11) is 4.03. The number of hydrogen-bond donors (Lipinski definition) is 2. The number of rotatable bonds is 8. The van der Waals surface area contributed by atoms with Crippen LogP contribution < -0.4 is 15.5 Å². The summed E-state index contributed by atoms with van der Waals surface area (Å²) < 4.78 is 0. The third kappa shape index (κ3) is 4.87. The molecule has 0 aliphatic carbocycles. The van der Waals surface area contributed by atoms with Gasteiger partial charge < -0.3 is 15.5 Å². The Bertz CT molecular complexity index is 567. The van der Waals surface area contributed by atoms with Gasteiger partial charge in [0.2, 0.25) is 5.95 Å². The van der Waals surface area contributed by atoms with E-state index in [4.69, 9.17) is 0 Å². The van der Waals surface area contributed by atoms with Crippen molar-refractivity contribution in [1.82, 2.24) is 15.2 Å². The molecule has 6 nitrogen and oxygen atoms in total. The van der Waals surface area contributed by atoms with Crippen molar-refractivity contribution in [2.75, 3.05) is 36.2 Å². The molecule has 0 saturated carbocycles. The van der Waals surface area contributed by atoms with E-state index in [1.54, 1.807) is 6.20 Å². The SMILES string of the molecule is CCCCCNc1cnnc(Nc2ccc(N(C)C)cc2)n1. The Labute approximate surface area is 132 Å². The van der Waals surface area contributed by atoms with E-state index in [2.05, 4.69) is 37.6 Å². The molecule has 2 N–H and O–H groups in total. The number of aromatic nitrogens is 3. The van der Waals surface area contributed by atoms with E-state index < -0.39 is 0 Å². The highest BCUT2D eigenvalue weighted by molar-refractivity contribution is 5.59. The number of nitrogens with zero attached hydrogens (tertiary/aromatic N) is 4. The van der Waals surface area contributed by atoms with E-state index >= 15 is 0 Å². The van der Waals surface area contributed by atoms with Crippen LogP contribution in [0.4, 0.5) is 23.1 Å². The highest BCUT2D eigenvalue weighted by atomic mass is 15.3. The summed E-state index contributed by atoms with van der Waals surface area (Å²) in [6.45, 7) is 3.10. The van der Waals surface area contributed by atoms with Crippen molar-refractivity contribution < 1.29 is 0 Å². The standard InChI is InChI=1S/C16H24N6/c1-4-5-6-11-17-15-12-18-21-16(20-15)19-13-7-9-14(10-8-13)22(2)3/h7-10,12H,4-6,11H2,1-3H3,(H2,17,19,20,21). The minimum absolute atomic E-state index is 0.498. The third-order valence-corrected chi connectivity index (χ3v) is 3.29. The number of benzene rings is 1. The topological polar surface area (TPSA) is 66.0 Å². The Morgan fingerprint density at radius 1 is 1.09 bits per heavy atom. The van der Waals surface area contributed by atoms with Gasteiger partial charge in [-0.1, -0.05) is 19.8 Å². The second-order valence-corrected chi connectivity index (χ2v) is 5.37. The fourth-order valence-electron chi connectivity index (χ4n) is 2.01. The van der Waals surface area contributed by atoms with Gasteiger partial charge in [0.15, 0.2) is 5.82 Å². The molecule has 2 rings (SSSR count). The molecule has 22 heavy (non-hydrogen) atoms. The van der Waals surface area contributed by atoms with Crippen molar-refractivity contribution in [2.24, 2.45) is 0 Å². The van der Waals surface area contributed by atoms with Crippen molar-refractivity contribution in [1.29, 1.82) is 0 Å². The average molecular weight is 300 g/mol. The first-order valence-corrected chi connectivity index (χ1v) is 7.67. The van der Waals surface area contributed by atoms with Gasteiger partial charge >= 0.3 is 0 Å². The van der Waals surface area contributed by atoms with Crippen LogP contribution in [0.1, 0.15) is 26.2 Å². The highest BCUT2D eigenvalue weighted by Crippen LogP contribution is 2.18. The Hall–Kier alpha value is -2.37. The van der Waals surface area contributed by atoms with Gasteiger partial charge in [-0.25, -0.2) is 0 Å². The lowest BCUT2D eigenvalue weighted by molar-refractivity contribution is 0.741. The van der Waals surface area contributed by atoms with Crippen LogP contribution in [0.15, 0.2) is 30.5 Å². The minimum Gasteiger partial charge on any atom is -0.378 e. The molecule has 118 valence electrons. The molecule has 1 heterocycles. The van der Waals surface area contributed by atoms with Crippen LogP contribution >= 0.6 is 0 Å². The molecule has 0 bridgehead atoms. The summed E-state index contributed by atoms with van der Waals surface area (Å²) in [5.74, 6) is 1.25. The first-order valence-electron chi connectivity index (χ1n) is 7.67. The smallest absolute Gasteiger partial charge is 0.249 e. The lowest BCUT2D eigenvalue weighted by Gasteiger charge is -2.13. The maximum Gasteiger partial charge on any atom is 0.249 e. The lowest BCUT2D eigenvalue weighted by atomic mass is 10.2. The zero-order chi connectivity index (χ0) is 15.8. The van der Waals surface area contributed by atoms with Crippen LogP contribution in [-0.2, 0) is 0 Å². The molecule has 0 fully saturated rings. The average Bonchev–Trinajstić information content (AvgIpc) is 2.52. The lowest BCUT2D eigenvalue weighted by Crippen LogP contribution is -2.08. The molecular formula is C16H24N6. The summed E-state index contributed by atoms with van der Waals surface area (Å²) in [6, 6.07) is 8.09. The zero-order valence-corrected chi connectivity index (χ0v) is 13.5. The highest BCUT2D eigenvalue weighted by Gasteiger charge is 2.02. The molecule has 1 aromatic carbocycles. The van der Waals surface area contributed by atoms with E-state index in [-0.39, 0.29) is 0 Å². The molecular weight excluding hydrogens is 276 g/mol. The molecule has 0 amide bonds. The van der Waals surface area contributed by atoms with E-state index in [0.717, 1.165) is 30.2 Å². The quantitative estimate of drug-likeness (QED) is 0.729. The largest absolute Gasteiger partial charge is 0.378 e.